The highest BCUT2D eigenvalue weighted by atomic mass is 16.6. The van der Waals surface area contributed by atoms with E-state index >= 15 is 0 Å². The number of carbonyl (C=O) groups is 1. The first-order valence-electron chi connectivity index (χ1n) is 7.01. The Kier molecular flexibility index (Phi) is 7.91. The molecule has 0 aliphatic carbocycles. The highest BCUT2D eigenvalue weighted by Gasteiger charge is 2.03. The Morgan fingerprint density at radius 3 is 2.21 bits per heavy atom. The van der Waals surface area contributed by atoms with Crippen LogP contribution in [-0.2, 0) is 16.0 Å². The van der Waals surface area contributed by atoms with E-state index in [1.807, 2.05) is 24.3 Å². The lowest BCUT2D eigenvalue weighted by Gasteiger charge is -2.07. The molecule has 24 heavy (non-hydrogen) atoms. The molecule has 0 unspecified atom stereocenters. The molecule has 0 aromatic heterocycles. The van der Waals surface area contributed by atoms with Crippen LogP contribution in [0.15, 0.2) is 53.5 Å². The number of hydrogen-bond acceptors (Lipinski definition) is 5. The summed E-state index contributed by atoms with van der Waals surface area (Å²) in [5.41, 5.74) is 3.35. The zero-order chi connectivity index (χ0) is 16.5. The second kappa shape index (κ2) is 9.94. The average Bonchev–Trinajstić information content (AvgIpc) is 2.57. The van der Waals surface area contributed by atoms with Crippen LogP contribution in [0.2, 0.25) is 0 Å². The number of benzene rings is 2. The van der Waals surface area contributed by atoms with Gasteiger partial charge in [0, 0.05) is 5.69 Å². The number of ether oxygens (including phenoxy) is 1. The van der Waals surface area contributed by atoms with Crippen LogP contribution in [0.1, 0.15) is 18.6 Å². The van der Waals surface area contributed by atoms with E-state index in [9.17, 15) is 9.59 Å². The van der Waals surface area contributed by atoms with E-state index in [1.165, 1.54) is 6.08 Å². The molecule has 2 N–H and O–H groups in total. The average molecular weight is 328 g/mol. The van der Waals surface area contributed by atoms with Gasteiger partial charge < -0.3 is 9.84 Å². The Labute approximate surface area is 140 Å². The van der Waals surface area contributed by atoms with Crippen molar-refractivity contribution in [3.05, 3.63) is 59.7 Å². The van der Waals surface area contributed by atoms with Gasteiger partial charge >= 0.3 is 6.09 Å². The summed E-state index contributed by atoms with van der Waals surface area (Å²) in [5.74, 6) is 0. The van der Waals surface area contributed by atoms with Crippen molar-refractivity contribution in [3.8, 4) is 0 Å². The van der Waals surface area contributed by atoms with E-state index < -0.39 is 6.09 Å². The molecule has 2 aromatic rings. The zero-order valence-electron chi connectivity index (χ0n) is 12.4. The summed E-state index contributed by atoms with van der Waals surface area (Å²) < 4.78 is 4.72. The third-order valence-electron chi connectivity index (χ3n) is 3.04. The molecule has 2 rings (SSSR count). The van der Waals surface area contributed by atoms with Gasteiger partial charge in [0.2, 0.25) is 6.08 Å². The van der Waals surface area contributed by atoms with Crippen molar-refractivity contribution in [2.75, 3.05) is 18.5 Å². The maximum absolute atomic E-state index is 11.4. The lowest BCUT2D eigenvalue weighted by molar-refractivity contribution is 0.131. The minimum Gasteiger partial charge on any atom is -0.447 e. The fourth-order valence-corrected chi connectivity index (χ4v) is 1.97. The lowest BCUT2D eigenvalue weighted by Crippen LogP contribution is -2.15. The highest BCUT2D eigenvalue weighted by Crippen LogP contribution is 2.17. The number of isocyanates is 1. The van der Waals surface area contributed by atoms with Crippen molar-refractivity contribution in [2.45, 2.75) is 13.8 Å². The Bertz CT molecular complexity index is 690. The Balaban J connectivity index is 0.00000288. The van der Waals surface area contributed by atoms with Gasteiger partial charge in [0.1, 0.15) is 6.61 Å². The predicted octanol–water partition coefficient (Wildman–Crippen LogP) is 3.42. The van der Waals surface area contributed by atoms with Crippen LogP contribution in [0.25, 0.3) is 0 Å². The first-order valence-corrected chi connectivity index (χ1v) is 7.01. The Hall–Kier alpha value is -2.95. The molecule has 0 spiro atoms. The zero-order valence-corrected chi connectivity index (χ0v) is 12.4. The molecule has 6 heteroatoms. The number of hydrogen-bond donors (Lipinski definition) is 2. The normalized spacial score (nSPS) is 9.38. The summed E-state index contributed by atoms with van der Waals surface area (Å²) >= 11 is 0. The molecule has 0 heterocycles. The third-order valence-corrected chi connectivity index (χ3v) is 3.04. The number of aliphatic hydroxyl groups excluding tert-OH is 1. The lowest BCUT2D eigenvalue weighted by atomic mass is 10.0. The van der Waals surface area contributed by atoms with Gasteiger partial charge in [-0.3, -0.25) is 5.32 Å². The molecular weight excluding hydrogens is 308 g/mol. The molecule has 126 valence electrons. The van der Waals surface area contributed by atoms with Gasteiger partial charge in [-0.25, -0.2) is 9.59 Å². The van der Waals surface area contributed by atoms with Crippen molar-refractivity contribution in [1.29, 1.82) is 0 Å². The number of aliphatic hydroxyl groups is 1. The van der Waals surface area contributed by atoms with Crippen molar-refractivity contribution < 1.29 is 19.4 Å². The first-order chi connectivity index (χ1) is 11.2. The molecule has 0 fully saturated rings. The molecule has 0 bridgehead atoms. The van der Waals surface area contributed by atoms with E-state index in [4.69, 9.17) is 9.84 Å². The van der Waals surface area contributed by atoms with Crippen molar-refractivity contribution in [3.63, 3.8) is 0 Å². The van der Waals surface area contributed by atoms with E-state index in [0.717, 1.165) is 17.5 Å². The summed E-state index contributed by atoms with van der Waals surface area (Å²) in [4.78, 5) is 25.1. The van der Waals surface area contributed by atoms with Crippen molar-refractivity contribution in [2.24, 2.45) is 4.99 Å². The molecular formula is C18H20N2O4. The molecule has 0 aliphatic rings. The summed E-state index contributed by atoms with van der Waals surface area (Å²) in [5, 5.41) is 11.1. The number of carbonyl (C=O) groups excluding carboxylic acids is 2. The summed E-state index contributed by atoms with van der Waals surface area (Å²) in [6, 6.07) is 14.7. The molecule has 0 aliphatic heterocycles. The fourth-order valence-electron chi connectivity index (χ4n) is 1.97. The molecule has 0 radical (unpaired) electrons. The highest BCUT2D eigenvalue weighted by molar-refractivity contribution is 5.84. The molecule has 0 saturated carbocycles. The van der Waals surface area contributed by atoms with Crippen LogP contribution in [0.4, 0.5) is 16.2 Å². The largest absolute Gasteiger partial charge is 0.447 e. The van der Waals surface area contributed by atoms with E-state index in [1.54, 1.807) is 24.3 Å². The van der Waals surface area contributed by atoms with Gasteiger partial charge in [-0.1, -0.05) is 31.7 Å². The Morgan fingerprint density at radius 2 is 1.67 bits per heavy atom. The van der Waals surface area contributed by atoms with Gasteiger partial charge in [-0.15, -0.1) is 0 Å². The van der Waals surface area contributed by atoms with Crippen molar-refractivity contribution >= 4 is 23.5 Å². The van der Waals surface area contributed by atoms with Crippen molar-refractivity contribution in [1.82, 2.24) is 0 Å². The number of aliphatic imine (C=N–C) groups is 1. The predicted molar refractivity (Wildman–Crippen MR) is 92.3 cm³/mol. The number of rotatable bonds is 6. The SMILES string of the molecule is C.O=C=Nc1ccc(Cc2ccc(NC(=O)OCCO)cc2)cc1. The number of anilines is 1. The van der Waals surface area contributed by atoms with Crippen LogP contribution in [0.3, 0.4) is 0 Å². The second-order valence-corrected chi connectivity index (χ2v) is 4.73. The molecule has 2 aromatic carbocycles. The van der Waals surface area contributed by atoms with Gasteiger partial charge in [0.05, 0.1) is 12.3 Å². The second-order valence-electron chi connectivity index (χ2n) is 4.73. The minimum atomic E-state index is -0.599. The maximum atomic E-state index is 11.4. The van der Waals surface area contributed by atoms with Gasteiger partial charge in [-0.2, -0.15) is 4.99 Å². The molecule has 0 saturated heterocycles. The summed E-state index contributed by atoms with van der Waals surface area (Å²) in [6.07, 6.45) is 1.63. The van der Waals surface area contributed by atoms with Gasteiger partial charge in [0.15, 0.2) is 0 Å². The summed E-state index contributed by atoms with van der Waals surface area (Å²) in [7, 11) is 0. The van der Waals surface area contributed by atoms with E-state index in [-0.39, 0.29) is 20.6 Å². The maximum Gasteiger partial charge on any atom is 0.411 e. The topological polar surface area (TPSA) is 88.0 Å². The quantitative estimate of drug-likeness (QED) is 0.628. The molecule has 6 nitrogen and oxygen atoms in total. The van der Waals surface area contributed by atoms with Crippen LogP contribution in [0.5, 0.6) is 0 Å². The van der Waals surface area contributed by atoms with Gasteiger partial charge in [-0.05, 0) is 41.8 Å². The fraction of sp³-hybridized carbons (Fsp3) is 0.222. The monoisotopic (exact) mass is 328 g/mol. The smallest absolute Gasteiger partial charge is 0.411 e. The van der Waals surface area contributed by atoms with Gasteiger partial charge in [0.25, 0.3) is 0 Å². The van der Waals surface area contributed by atoms with Crippen LogP contribution in [0, 0.1) is 0 Å². The minimum absolute atomic E-state index is 0. The summed E-state index contributed by atoms with van der Waals surface area (Å²) in [6.45, 7) is -0.239. The van der Waals surface area contributed by atoms with Crippen LogP contribution in [-0.4, -0.2) is 30.5 Å². The third kappa shape index (κ3) is 6.04. The Morgan fingerprint density at radius 1 is 1.08 bits per heavy atom. The standard InChI is InChI=1S/C17H16N2O4.CH4/c20-9-10-23-17(22)19-16-7-3-14(4-8-16)11-13-1-5-15(6-2-13)18-12-21;/h1-8,20H,9-11H2,(H,19,22);1H4. The molecule has 0 atom stereocenters. The van der Waals surface area contributed by atoms with Crippen LogP contribution >= 0.6 is 0 Å². The van der Waals surface area contributed by atoms with E-state index in [0.29, 0.717) is 11.4 Å². The number of nitrogens with one attached hydrogen (secondary N) is 1. The number of nitrogens with zero attached hydrogens (tertiary/aromatic N) is 1. The first kappa shape index (κ1) is 19.1. The molecule has 1 amide bonds. The number of amides is 1. The van der Waals surface area contributed by atoms with Crippen LogP contribution < -0.4 is 5.32 Å². The van der Waals surface area contributed by atoms with E-state index in [2.05, 4.69) is 10.3 Å².